The molecule has 0 radical (unpaired) electrons. The average Bonchev–Trinajstić information content (AvgIpc) is 2.78. The number of hydrogen-bond acceptors (Lipinski definition) is 6. The predicted molar refractivity (Wildman–Crippen MR) is 124 cm³/mol. The number of allylic oxidation sites excluding steroid dienone is 2. The van der Waals surface area contributed by atoms with Crippen molar-refractivity contribution in [1.29, 1.82) is 0 Å². The monoisotopic (exact) mass is 445 g/mol. The van der Waals surface area contributed by atoms with E-state index in [2.05, 4.69) is 24.4 Å². The minimum atomic E-state index is -1.86. The van der Waals surface area contributed by atoms with Gasteiger partial charge in [-0.1, -0.05) is 76.9 Å². The van der Waals surface area contributed by atoms with Crippen LogP contribution in [-0.2, 0) is 4.79 Å². The lowest BCUT2D eigenvalue weighted by atomic mass is 10.0. The molecular formula is C24H47NO6. The molecule has 0 aliphatic heterocycles. The van der Waals surface area contributed by atoms with E-state index >= 15 is 0 Å². The van der Waals surface area contributed by atoms with Crippen LogP contribution in [0, 0.1) is 0 Å². The summed E-state index contributed by atoms with van der Waals surface area (Å²) in [4.78, 5) is 11.8. The van der Waals surface area contributed by atoms with Crippen molar-refractivity contribution in [2.75, 3.05) is 13.2 Å². The van der Waals surface area contributed by atoms with Crippen LogP contribution in [-0.4, -0.2) is 69.0 Å². The maximum absolute atomic E-state index is 11.8. The third kappa shape index (κ3) is 16.3. The molecule has 31 heavy (non-hydrogen) atoms. The summed E-state index contributed by atoms with van der Waals surface area (Å²) in [5, 5.41) is 49.4. The van der Waals surface area contributed by atoms with E-state index in [4.69, 9.17) is 5.11 Å². The number of carbonyl (C=O) groups excluding carboxylic acids is 1. The van der Waals surface area contributed by atoms with Crippen LogP contribution in [0.25, 0.3) is 0 Å². The van der Waals surface area contributed by atoms with Gasteiger partial charge in [-0.3, -0.25) is 4.79 Å². The second kappa shape index (κ2) is 20.9. The maximum atomic E-state index is 11.8. The summed E-state index contributed by atoms with van der Waals surface area (Å²) < 4.78 is 0. The Bertz CT molecular complexity index is 446. The first-order valence-corrected chi connectivity index (χ1v) is 12.2. The second-order valence-electron chi connectivity index (χ2n) is 8.40. The molecule has 0 saturated carbocycles. The summed E-state index contributed by atoms with van der Waals surface area (Å²) in [7, 11) is 0. The molecule has 4 atom stereocenters. The summed E-state index contributed by atoms with van der Waals surface area (Å²) in [5.74, 6) is -0.801. The van der Waals surface area contributed by atoms with Gasteiger partial charge in [-0.05, 0) is 32.1 Å². The highest BCUT2D eigenvalue weighted by Gasteiger charge is 2.33. The molecule has 1 amide bonds. The van der Waals surface area contributed by atoms with Crippen molar-refractivity contribution in [2.45, 2.75) is 121 Å². The molecular weight excluding hydrogens is 398 g/mol. The van der Waals surface area contributed by atoms with Crippen molar-refractivity contribution in [3.05, 3.63) is 12.2 Å². The zero-order valence-electron chi connectivity index (χ0n) is 19.4. The van der Waals surface area contributed by atoms with Crippen molar-refractivity contribution in [1.82, 2.24) is 5.32 Å². The summed E-state index contributed by atoms with van der Waals surface area (Å²) in [6.07, 6.45) is 14.3. The smallest absolute Gasteiger partial charge is 0.251 e. The molecule has 184 valence electrons. The van der Waals surface area contributed by atoms with E-state index in [9.17, 15) is 25.2 Å². The van der Waals surface area contributed by atoms with Gasteiger partial charge in [0.05, 0.1) is 6.61 Å². The third-order valence-electron chi connectivity index (χ3n) is 5.51. The standard InChI is InChI=1S/C24H47NO6/c1-2-3-4-5-6-7-8-9-10-11-12-13-14-15-16-17-18-25-24(31)23(30)22(29)21(28)20(27)19-26/h9-10,20-23,26-30H,2-8,11-19H2,1H3,(H,25,31)/b10-9-/t20-,21-,22+,23-/m1/s1. The number of nitrogens with one attached hydrogen (secondary N) is 1. The van der Waals surface area contributed by atoms with E-state index < -0.39 is 36.9 Å². The highest BCUT2D eigenvalue weighted by molar-refractivity contribution is 5.81. The lowest BCUT2D eigenvalue weighted by molar-refractivity contribution is -0.148. The number of carbonyl (C=O) groups is 1. The molecule has 7 nitrogen and oxygen atoms in total. The van der Waals surface area contributed by atoms with Crippen LogP contribution in [0.1, 0.15) is 96.8 Å². The molecule has 0 unspecified atom stereocenters. The molecule has 0 spiro atoms. The highest BCUT2D eigenvalue weighted by atomic mass is 16.4. The van der Waals surface area contributed by atoms with E-state index in [0.717, 1.165) is 32.1 Å². The Balaban J connectivity index is 3.53. The van der Waals surface area contributed by atoms with Crippen LogP contribution in [0.15, 0.2) is 12.2 Å². The summed E-state index contributed by atoms with van der Waals surface area (Å²) in [5.41, 5.74) is 0. The molecule has 0 aromatic heterocycles. The van der Waals surface area contributed by atoms with Gasteiger partial charge in [-0.2, -0.15) is 0 Å². The van der Waals surface area contributed by atoms with Crippen molar-refractivity contribution in [3.63, 3.8) is 0 Å². The lowest BCUT2D eigenvalue weighted by Gasteiger charge is -2.24. The van der Waals surface area contributed by atoms with Gasteiger partial charge in [0.1, 0.15) is 18.3 Å². The fourth-order valence-electron chi connectivity index (χ4n) is 3.37. The molecule has 6 N–H and O–H groups in total. The first kappa shape index (κ1) is 30.0. The van der Waals surface area contributed by atoms with Gasteiger partial charge in [-0.15, -0.1) is 0 Å². The highest BCUT2D eigenvalue weighted by Crippen LogP contribution is 2.10. The topological polar surface area (TPSA) is 130 Å². The Morgan fingerprint density at radius 1 is 0.742 bits per heavy atom. The quantitative estimate of drug-likeness (QED) is 0.119. The summed E-state index contributed by atoms with van der Waals surface area (Å²) >= 11 is 0. The Kier molecular flexibility index (Phi) is 20.2. The van der Waals surface area contributed by atoms with Gasteiger partial charge < -0.3 is 30.8 Å². The third-order valence-corrected chi connectivity index (χ3v) is 5.51. The average molecular weight is 446 g/mol. The maximum Gasteiger partial charge on any atom is 0.251 e. The van der Waals surface area contributed by atoms with Crippen LogP contribution >= 0.6 is 0 Å². The predicted octanol–water partition coefficient (Wildman–Crippen LogP) is 2.58. The molecule has 0 aliphatic rings. The number of aliphatic hydroxyl groups is 5. The molecule has 7 heteroatoms. The number of amides is 1. The first-order chi connectivity index (χ1) is 15.0. The normalized spacial score (nSPS) is 15.7. The van der Waals surface area contributed by atoms with E-state index in [1.54, 1.807) is 0 Å². The molecule has 0 rings (SSSR count). The van der Waals surface area contributed by atoms with Gasteiger partial charge in [0.2, 0.25) is 0 Å². The van der Waals surface area contributed by atoms with Crippen molar-refractivity contribution in [2.24, 2.45) is 0 Å². The molecule has 0 aliphatic carbocycles. The zero-order chi connectivity index (χ0) is 23.3. The van der Waals surface area contributed by atoms with E-state index in [1.807, 2.05) is 0 Å². The van der Waals surface area contributed by atoms with Crippen LogP contribution in [0.3, 0.4) is 0 Å². The zero-order valence-corrected chi connectivity index (χ0v) is 19.4. The SMILES string of the molecule is CCCCCCCC/C=C\CCCCCCCCNC(=O)[C@H](O)[C@@H](O)[C@H](O)[C@H](O)CO. The molecule has 0 aromatic rings. The fourth-order valence-corrected chi connectivity index (χ4v) is 3.37. The molecule has 0 bridgehead atoms. The Morgan fingerprint density at radius 2 is 1.23 bits per heavy atom. The van der Waals surface area contributed by atoms with Crippen LogP contribution in [0.2, 0.25) is 0 Å². The summed E-state index contributed by atoms with van der Waals surface area (Å²) in [6.45, 7) is 1.85. The van der Waals surface area contributed by atoms with E-state index in [0.29, 0.717) is 6.54 Å². The van der Waals surface area contributed by atoms with Gasteiger partial charge in [0.25, 0.3) is 5.91 Å². The Hall–Kier alpha value is -0.990. The Morgan fingerprint density at radius 3 is 1.74 bits per heavy atom. The van der Waals surface area contributed by atoms with E-state index in [-0.39, 0.29) is 0 Å². The lowest BCUT2D eigenvalue weighted by Crippen LogP contribution is -2.51. The number of rotatable bonds is 21. The fraction of sp³-hybridized carbons (Fsp3) is 0.875. The molecule has 0 saturated heterocycles. The number of unbranched alkanes of at least 4 members (excludes halogenated alkanes) is 12. The summed E-state index contributed by atoms with van der Waals surface area (Å²) in [6, 6.07) is 0. The van der Waals surface area contributed by atoms with Crippen molar-refractivity contribution >= 4 is 5.91 Å². The molecule has 0 heterocycles. The number of aliphatic hydroxyl groups excluding tert-OH is 5. The van der Waals surface area contributed by atoms with E-state index in [1.165, 1.54) is 57.8 Å². The van der Waals surface area contributed by atoms with Gasteiger partial charge in [0, 0.05) is 6.54 Å². The van der Waals surface area contributed by atoms with Gasteiger partial charge in [0.15, 0.2) is 6.10 Å². The first-order valence-electron chi connectivity index (χ1n) is 12.2. The van der Waals surface area contributed by atoms with Crippen LogP contribution in [0.4, 0.5) is 0 Å². The minimum absolute atomic E-state index is 0.377. The van der Waals surface area contributed by atoms with Crippen molar-refractivity contribution in [3.8, 4) is 0 Å². The second-order valence-corrected chi connectivity index (χ2v) is 8.40. The largest absolute Gasteiger partial charge is 0.394 e. The molecule has 0 fully saturated rings. The van der Waals surface area contributed by atoms with Crippen LogP contribution < -0.4 is 5.32 Å². The van der Waals surface area contributed by atoms with Gasteiger partial charge in [-0.25, -0.2) is 0 Å². The minimum Gasteiger partial charge on any atom is -0.394 e. The van der Waals surface area contributed by atoms with Gasteiger partial charge >= 0.3 is 0 Å². The van der Waals surface area contributed by atoms with Crippen LogP contribution in [0.5, 0.6) is 0 Å². The van der Waals surface area contributed by atoms with Crippen molar-refractivity contribution < 1.29 is 30.3 Å². The number of hydrogen-bond donors (Lipinski definition) is 6. The molecule has 0 aromatic carbocycles. The Labute approximate surface area is 188 Å².